The van der Waals surface area contributed by atoms with Crippen LogP contribution in [0, 0.1) is 5.82 Å². The summed E-state index contributed by atoms with van der Waals surface area (Å²) in [6, 6.07) is 11.7. The third-order valence-electron chi connectivity index (χ3n) is 3.97. The Morgan fingerprint density at radius 3 is 2.26 bits per heavy atom. The van der Waals surface area contributed by atoms with Gasteiger partial charge in [0, 0.05) is 5.56 Å². The van der Waals surface area contributed by atoms with Gasteiger partial charge < -0.3 is 0 Å². The summed E-state index contributed by atoms with van der Waals surface area (Å²) in [4.78, 5) is 38.0. The molecule has 2 heterocycles. The molecule has 0 saturated heterocycles. The quantitative estimate of drug-likeness (QED) is 0.701. The number of aromatic nitrogens is 2. The zero-order valence-electron chi connectivity index (χ0n) is 13.7. The Morgan fingerprint density at radius 1 is 1.00 bits per heavy atom. The number of carbonyl (C=O) groups excluding carboxylic acids is 3. The van der Waals surface area contributed by atoms with Crippen molar-refractivity contribution in [2.75, 3.05) is 5.32 Å². The number of fused-ring (bicyclic) bond motifs is 1. The minimum atomic E-state index is -0.460. The van der Waals surface area contributed by atoms with E-state index in [2.05, 4.69) is 15.5 Å². The fourth-order valence-electron chi connectivity index (χ4n) is 2.66. The molecule has 134 valence electrons. The molecular formula is C18H11FN4O3S. The number of hydrogen-bond acceptors (Lipinski definition) is 6. The number of amides is 3. The number of imide groups is 1. The smallest absolute Gasteiger partial charge is 0.261 e. The molecule has 0 radical (unpaired) electrons. The molecule has 0 aliphatic carbocycles. The predicted octanol–water partition coefficient (Wildman–Crippen LogP) is 2.73. The van der Waals surface area contributed by atoms with Gasteiger partial charge in [-0.1, -0.05) is 23.5 Å². The first-order valence-corrected chi connectivity index (χ1v) is 8.69. The van der Waals surface area contributed by atoms with Gasteiger partial charge >= 0.3 is 0 Å². The van der Waals surface area contributed by atoms with Crippen molar-refractivity contribution >= 4 is 34.2 Å². The van der Waals surface area contributed by atoms with E-state index in [1.54, 1.807) is 24.3 Å². The molecule has 0 unspecified atom stereocenters. The van der Waals surface area contributed by atoms with Gasteiger partial charge in [-0.05, 0) is 36.4 Å². The maximum Gasteiger partial charge on any atom is 0.261 e. The van der Waals surface area contributed by atoms with Crippen LogP contribution in [-0.2, 0) is 6.54 Å². The summed E-state index contributed by atoms with van der Waals surface area (Å²) in [5.74, 6) is -1.67. The second kappa shape index (κ2) is 6.69. The second-order valence-corrected chi connectivity index (χ2v) is 6.77. The minimum Gasteiger partial charge on any atom is -0.296 e. The summed E-state index contributed by atoms with van der Waals surface area (Å²) >= 11 is 1.05. The highest BCUT2D eigenvalue weighted by Gasteiger charge is 2.35. The standard InChI is InChI=1S/C18H11FN4O3S/c19-11-7-5-10(6-8-11)15(24)20-18-22-21-14(27-18)9-23-16(25)12-3-1-2-4-13(12)17(23)26/h1-8H,9H2,(H,20,22,24). The molecule has 0 bridgehead atoms. The van der Waals surface area contributed by atoms with E-state index in [4.69, 9.17) is 0 Å². The van der Waals surface area contributed by atoms with Gasteiger partial charge in [0.15, 0.2) is 0 Å². The lowest BCUT2D eigenvalue weighted by molar-refractivity contribution is 0.0641. The average Bonchev–Trinajstić information content (AvgIpc) is 3.21. The second-order valence-electron chi connectivity index (χ2n) is 5.70. The SMILES string of the molecule is O=C(Nc1nnc(CN2C(=O)c3ccccc3C2=O)s1)c1ccc(F)cc1. The van der Waals surface area contributed by atoms with Gasteiger partial charge in [0.1, 0.15) is 10.8 Å². The molecule has 7 nitrogen and oxygen atoms in total. The summed E-state index contributed by atoms with van der Waals surface area (Å²) in [6.07, 6.45) is 0. The van der Waals surface area contributed by atoms with E-state index in [1.807, 2.05) is 0 Å². The Labute approximate surface area is 156 Å². The van der Waals surface area contributed by atoms with Crippen LogP contribution in [0.15, 0.2) is 48.5 Å². The molecule has 3 aromatic rings. The number of halogens is 1. The van der Waals surface area contributed by atoms with Crippen molar-refractivity contribution in [1.29, 1.82) is 0 Å². The first-order valence-electron chi connectivity index (χ1n) is 7.87. The first kappa shape index (κ1) is 17.0. The molecule has 27 heavy (non-hydrogen) atoms. The molecule has 1 N–H and O–H groups in total. The number of hydrogen-bond donors (Lipinski definition) is 1. The number of nitrogens with one attached hydrogen (secondary N) is 1. The monoisotopic (exact) mass is 382 g/mol. The van der Waals surface area contributed by atoms with Crippen LogP contribution in [0.4, 0.5) is 9.52 Å². The Hall–Kier alpha value is -3.46. The summed E-state index contributed by atoms with van der Waals surface area (Å²) in [7, 11) is 0. The number of benzene rings is 2. The molecule has 1 aliphatic heterocycles. The van der Waals surface area contributed by atoms with Gasteiger partial charge in [0.2, 0.25) is 5.13 Å². The Balaban J connectivity index is 1.46. The maximum absolute atomic E-state index is 12.9. The van der Waals surface area contributed by atoms with Crippen LogP contribution >= 0.6 is 11.3 Å². The largest absolute Gasteiger partial charge is 0.296 e. The van der Waals surface area contributed by atoms with Gasteiger partial charge in [0.05, 0.1) is 17.7 Å². The molecule has 9 heteroatoms. The molecule has 0 spiro atoms. The molecule has 4 rings (SSSR count). The van der Waals surface area contributed by atoms with Crippen molar-refractivity contribution in [3.8, 4) is 0 Å². The van der Waals surface area contributed by atoms with Crippen LogP contribution in [0.2, 0.25) is 0 Å². The number of rotatable bonds is 4. The van der Waals surface area contributed by atoms with Gasteiger partial charge in [-0.3, -0.25) is 24.6 Å². The lowest BCUT2D eigenvalue weighted by Crippen LogP contribution is -2.29. The van der Waals surface area contributed by atoms with Crippen LogP contribution in [0.5, 0.6) is 0 Å². The zero-order valence-corrected chi connectivity index (χ0v) is 14.5. The molecule has 0 saturated carbocycles. The van der Waals surface area contributed by atoms with E-state index in [0.717, 1.165) is 16.2 Å². The van der Waals surface area contributed by atoms with Gasteiger partial charge in [-0.25, -0.2) is 4.39 Å². The molecule has 0 atom stereocenters. The third kappa shape index (κ3) is 3.20. The predicted molar refractivity (Wildman–Crippen MR) is 94.9 cm³/mol. The highest BCUT2D eigenvalue weighted by atomic mass is 32.1. The molecule has 1 aliphatic rings. The van der Waals surface area contributed by atoms with Crippen molar-refractivity contribution in [1.82, 2.24) is 15.1 Å². The Bertz CT molecular complexity index is 1030. The van der Waals surface area contributed by atoms with Crippen LogP contribution in [0.3, 0.4) is 0 Å². The average molecular weight is 382 g/mol. The molecule has 0 fully saturated rings. The van der Waals surface area contributed by atoms with Gasteiger partial charge in [-0.2, -0.15) is 0 Å². The number of anilines is 1. The highest BCUT2D eigenvalue weighted by Crippen LogP contribution is 2.26. The minimum absolute atomic E-state index is 0.0313. The summed E-state index contributed by atoms with van der Waals surface area (Å²) in [6.45, 7) is -0.0313. The van der Waals surface area contributed by atoms with Crippen molar-refractivity contribution in [2.45, 2.75) is 6.54 Å². The van der Waals surface area contributed by atoms with E-state index >= 15 is 0 Å². The van der Waals surface area contributed by atoms with Gasteiger partial charge in [0.25, 0.3) is 17.7 Å². The van der Waals surface area contributed by atoms with E-state index in [1.165, 1.54) is 24.3 Å². The molecular weight excluding hydrogens is 371 g/mol. The lowest BCUT2D eigenvalue weighted by atomic mass is 10.1. The van der Waals surface area contributed by atoms with E-state index < -0.39 is 11.7 Å². The first-order chi connectivity index (χ1) is 13.0. The van der Waals surface area contributed by atoms with Crippen molar-refractivity contribution in [3.05, 3.63) is 76.0 Å². The summed E-state index contributed by atoms with van der Waals surface area (Å²) in [5, 5.41) is 11.0. The van der Waals surface area contributed by atoms with Crippen LogP contribution in [0.1, 0.15) is 36.1 Å². The van der Waals surface area contributed by atoms with Crippen LogP contribution in [-0.4, -0.2) is 32.8 Å². The lowest BCUT2D eigenvalue weighted by Gasteiger charge is -2.10. The van der Waals surface area contributed by atoms with Crippen LogP contribution in [0.25, 0.3) is 0 Å². The fraction of sp³-hybridized carbons (Fsp3) is 0.0556. The van der Waals surface area contributed by atoms with Crippen molar-refractivity contribution in [3.63, 3.8) is 0 Å². The number of nitrogens with zero attached hydrogens (tertiary/aromatic N) is 3. The van der Waals surface area contributed by atoms with Crippen molar-refractivity contribution < 1.29 is 18.8 Å². The Morgan fingerprint density at radius 2 is 1.63 bits per heavy atom. The van der Waals surface area contributed by atoms with E-state index in [-0.39, 0.29) is 29.1 Å². The zero-order chi connectivity index (χ0) is 19.0. The number of carbonyl (C=O) groups is 3. The topological polar surface area (TPSA) is 92.3 Å². The summed E-state index contributed by atoms with van der Waals surface area (Å²) < 4.78 is 12.9. The normalized spacial score (nSPS) is 13.0. The molecule has 1 aromatic heterocycles. The van der Waals surface area contributed by atoms with Crippen molar-refractivity contribution in [2.24, 2.45) is 0 Å². The van der Waals surface area contributed by atoms with Crippen LogP contribution < -0.4 is 5.32 Å². The van der Waals surface area contributed by atoms with Gasteiger partial charge in [-0.15, -0.1) is 10.2 Å². The molecule has 2 aromatic carbocycles. The Kier molecular flexibility index (Phi) is 4.21. The summed E-state index contributed by atoms with van der Waals surface area (Å²) in [5.41, 5.74) is 0.988. The fourth-order valence-corrected chi connectivity index (χ4v) is 3.38. The van der Waals surface area contributed by atoms with E-state index in [9.17, 15) is 18.8 Å². The molecule has 3 amide bonds. The third-order valence-corrected chi connectivity index (χ3v) is 4.79. The maximum atomic E-state index is 12.9. The highest BCUT2D eigenvalue weighted by molar-refractivity contribution is 7.15. The van der Waals surface area contributed by atoms with E-state index in [0.29, 0.717) is 16.1 Å².